The number of aliphatic carboxylic acids is 1. The summed E-state index contributed by atoms with van der Waals surface area (Å²) in [5, 5.41) is 17.8. The molecule has 0 spiro atoms. The van der Waals surface area contributed by atoms with Crippen LogP contribution in [0.1, 0.15) is 18.4 Å². The molecule has 0 bridgehead atoms. The summed E-state index contributed by atoms with van der Waals surface area (Å²) in [4.78, 5) is 10.3. The van der Waals surface area contributed by atoms with Crippen molar-refractivity contribution in [2.45, 2.75) is 19.3 Å². The summed E-state index contributed by atoms with van der Waals surface area (Å²) in [5.74, 6) is -0.598. The summed E-state index contributed by atoms with van der Waals surface area (Å²) in [6.07, 6.45) is 1.39. The molecule has 0 aliphatic heterocycles. The Morgan fingerprint density at radius 2 is 2.14 bits per heavy atom. The lowest BCUT2D eigenvalue weighted by molar-refractivity contribution is -0.137. The number of benzene rings is 1. The highest BCUT2D eigenvalue weighted by molar-refractivity contribution is 9.10. The zero-order valence-electron chi connectivity index (χ0n) is 7.53. The number of hydrogen-bond acceptors (Lipinski definition) is 2. The van der Waals surface area contributed by atoms with Gasteiger partial charge in [-0.2, -0.15) is 0 Å². The van der Waals surface area contributed by atoms with Crippen molar-refractivity contribution < 1.29 is 15.0 Å². The van der Waals surface area contributed by atoms with Crippen LogP contribution in [0.2, 0.25) is 0 Å². The van der Waals surface area contributed by atoms with E-state index in [0.717, 1.165) is 5.56 Å². The van der Waals surface area contributed by atoms with Crippen LogP contribution in [0, 0.1) is 0 Å². The van der Waals surface area contributed by atoms with Gasteiger partial charge in [-0.15, -0.1) is 0 Å². The van der Waals surface area contributed by atoms with Crippen molar-refractivity contribution in [3.63, 3.8) is 0 Å². The average Bonchev–Trinajstić information content (AvgIpc) is 2.12. The second-order valence-corrected chi connectivity index (χ2v) is 3.79. The normalized spacial score (nSPS) is 10.1. The second-order valence-electron chi connectivity index (χ2n) is 3.00. The summed E-state index contributed by atoms with van der Waals surface area (Å²) < 4.78 is 0.658. The minimum atomic E-state index is -0.790. The SMILES string of the molecule is O=C(O)CCCc1cccc(O)c1Br. The maximum absolute atomic E-state index is 10.3. The molecule has 0 amide bonds. The molecule has 3 nitrogen and oxygen atoms in total. The van der Waals surface area contributed by atoms with Crippen LogP contribution in [0.3, 0.4) is 0 Å². The summed E-state index contributed by atoms with van der Waals surface area (Å²) in [5.41, 5.74) is 0.936. The quantitative estimate of drug-likeness (QED) is 0.873. The van der Waals surface area contributed by atoms with Gasteiger partial charge in [-0.25, -0.2) is 0 Å². The topological polar surface area (TPSA) is 57.5 Å². The predicted octanol–water partition coefficient (Wildman–Crippen LogP) is 2.56. The van der Waals surface area contributed by atoms with E-state index in [-0.39, 0.29) is 12.2 Å². The second kappa shape index (κ2) is 5.00. The molecule has 0 aliphatic rings. The summed E-state index contributed by atoms with van der Waals surface area (Å²) in [6.45, 7) is 0. The first-order valence-corrected chi connectivity index (χ1v) is 5.08. The first-order chi connectivity index (χ1) is 6.61. The van der Waals surface area contributed by atoms with E-state index < -0.39 is 5.97 Å². The fourth-order valence-electron chi connectivity index (χ4n) is 1.19. The van der Waals surface area contributed by atoms with Gasteiger partial charge < -0.3 is 10.2 Å². The Kier molecular flexibility index (Phi) is 3.95. The zero-order chi connectivity index (χ0) is 10.6. The van der Waals surface area contributed by atoms with Gasteiger partial charge in [-0.3, -0.25) is 4.79 Å². The van der Waals surface area contributed by atoms with Crippen molar-refractivity contribution >= 4 is 21.9 Å². The smallest absolute Gasteiger partial charge is 0.303 e. The van der Waals surface area contributed by atoms with Gasteiger partial charge in [-0.1, -0.05) is 12.1 Å². The van der Waals surface area contributed by atoms with Crippen molar-refractivity contribution in [1.29, 1.82) is 0 Å². The van der Waals surface area contributed by atoms with Crippen LogP contribution in [-0.4, -0.2) is 16.2 Å². The third-order valence-corrected chi connectivity index (χ3v) is 2.81. The molecule has 76 valence electrons. The molecule has 0 aliphatic carbocycles. The maximum Gasteiger partial charge on any atom is 0.303 e. The minimum Gasteiger partial charge on any atom is -0.507 e. The molecule has 1 rings (SSSR count). The largest absolute Gasteiger partial charge is 0.507 e. The van der Waals surface area contributed by atoms with Gasteiger partial charge in [0.05, 0.1) is 4.47 Å². The van der Waals surface area contributed by atoms with Crippen molar-refractivity contribution in [2.75, 3.05) is 0 Å². The van der Waals surface area contributed by atoms with Gasteiger partial charge in [0.25, 0.3) is 0 Å². The van der Waals surface area contributed by atoms with Crippen LogP contribution in [0.4, 0.5) is 0 Å². The molecule has 2 N–H and O–H groups in total. The molecule has 0 heterocycles. The van der Waals surface area contributed by atoms with E-state index in [4.69, 9.17) is 5.11 Å². The number of rotatable bonds is 4. The van der Waals surface area contributed by atoms with Crippen LogP contribution in [0.25, 0.3) is 0 Å². The number of phenols is 1. The molecule has 1 aromatic rings. The summed E-state index contributed by atoms with van der Waals surface area (Å²) in [7, 11) is 0. The van der Waals surface area contributed by atoms with E-state index in [9.17, 15) is 9.90 Å². The van der Waals surface area contributed by atoms with Gasteiger partial charge in [0, 0.05) is 6.42 Å². The van der Waals surface area contributed by atoms with Gasteiger partial charge >= 0.3 is 5.97 Å². The molecule has 14 heavy (non-hydrogen) atoms. The molecule has 1 aromatic carbocycles. The molecule has 0 atom stereocenters. The number of halogens is 1. The Labute approximate surface area is 90.5 Å². The Bertz CT molecular complexity index is 336. The van der Waals surface area contributed by atoms with Crippen LogP contribution in [0.5, 0.6) is 5.75 Å². The Hall–Kier alpha value is -1.03. The molecule has 0 aromatic heterocycles. The highest BCUT2D eigenvalue weighted by Gasteiger charge is 2.04. The predicted molar refractivity (Wildman–Crippen MR) is 56.4 cm³/mol. The van der Waals surface area contributed by atoms with Crippen molar-refractivity contribution in [2.24, 2.45) is 0 Å². The van der Waals surface area contributed by atoms with E-state index in [1.807, 2.05) is 6.07 Å². The molecular weight excluding hydrogens is 248 g/mol. The molecule has 0 saturated heterocycles. The lowest BCUT2D eigenvalue weighted by Crippen LogP contribution is -1.96. The number of phenolic OH excluding ortho intramolecular Hbond substituents is 1. The first kappa shape index (κ1) is 11.0. The molecule has 0 radical (unpaired) electrons. The number of aromatic hydroxyl groups is 1. The van der Waals surface area contributed by atoms with E-state index in [0.29, 0.717) is 17.3 Å². The fraction of sp³-hybridized carbons (Fsp3) is 0.300. The van der Waals surface area contributed by atoms with Crippen molar-refractivity contribution in [3.8, 4) is 5.75 Å². The van der Waals surface area contributed by atoms with Crippen LogP contribution in [0.15, 0.2) is 22.7 Å². The van der Waals surface area contributed by atoms with Crippen LogP contribution >= 0.6 is 15.9 Å². The van der Waals surface area contributed by atoms with Crippen LogP contribution in [-0.2, 0) is 11.2 Å². The van der Waals surface area contributed by atoms with Crippen molar-refractivity contribution in [1.82, 2.24) is 0 Å². The highest BCUT2D eigenvalue weighted by atomic mass is 79.9. The van der Waals surface area contributed by atoms with Crippen LogP contribution < -0.4 is 0 Å². The van der Waals surface area contributed by atoms with E-state index in [1.54, 1.807) is 12.1 Å². The monoisotopic (exact) mass is 258 g/mol. The Morgan fingerprint density at radius 3 is 2.79 bits per heavy atom. The van der Waals surface area contributed by atoms with E-state index in [1.165, 1.54) is 0 Å². The Balaban J connectivity index is 2.59. The average molecular weight is 259 g/mol. The Morgan fingerprint density at radius 1 is 1.43 bits per heavy atom. The van der Waals surface area contributed by atoms with E-state index >= 15 is 0 Å². The zero-order valence-corrected chi connectivity index (χ0v) is 9.12. The van der Waals surface area contributed by atoms with Gasteiger partial charge in [0.1, 0.15) is 5.75 Å². The third-order valence-electron chi connectivity index (χ3n) is 1.90. The molecule has 4 heteroatoms. The number of carbonyl (C=O) groups is 1. The lowest BCUT2D eigenvalue weighted by atomic mass is 10.1. The standard InChI is InChI=1S/C10H11BrO3/c11-10-7(3-1-5-8(10)12)4-2-6-9(13)14/h1,3,5,12H,2,4,6H2,(H,13,14). The maximum atomic E-state index is 10.3. The molecule has 0 unspecified atom stereocenters. The number of hydrogen-bond donors (Lipinski definition) is 2. The third kappa shape index (κ3) is 3.03. The number of carboxylic acid groups (broad SMARTS) is 1. The highest BCUT2D eigenvalue weighted by Crippen LogP contribution is 2.28. The fourth-order valence-corrected chi connectivity index (χ4v) is 1.65. The lowest BCUT2D eigenvalue weighted by Gasteiger charge is -2.04. The number of carboxylic acids is 1. The van der Waals surface area contributed by atoms with Gasteiger partial charge in [0.2, 0.25) is 0 Å². The minimum absolute atomic E-state index is 0.155. The molecule has 0 fully saturated rings. The summed E-state index contributed by atoms with van der Waals surface area (Å²) in [6, 6.07) is 5.20. The molecular formula is C10H11BrO3. The van der Waals surface area contributed by atoms with E-state index in [2.05, 4.69) is 15.9 Å². The first-order valence-electron chi connectivity index (χ1n) is 4.29. The molecule has 0 saturated carbocycles. The van der Waals surface area contributed by atoms with Gasteiger partial charge in [-0.05, 0) is 40.4 Å². The number of aryl methyl sites for hydroxylation is 1. The summed E-state index contributed by atoms with van der Waals surface area (Å²) >= 11 is 3.25. The van der Waals surface area contributed by atoms with Crippen molar-refractivity contribution in [3.05, 3.63) is 28.2 Å². The van der Waals surface area contributed by atoms with Gasteiger partial charge in [0.15, 0.2) is 0 Å².